The van der Waals surface area contributed by atoms with Crippen molar-refractivity contribution >= 4 is 39.5 Å². The molecular weight excluding hydrogens is 1340 g/mol. The SMILES string of the molecule is CCCCCC/C=C\C=C/CCCCCCCC(=O)O[C@H](COC(=O)CCCCCCCCCCCCCC)COP(=O)(O)OC[C@H](O)COP(=O)(O)OC[C@@H](COC(=O)CCCCCCCCCCCCCCCCCCCC)OC(=O)CCCCCCCCCCCCCCCCCC(C)C. The molecule has 0 fully saturated rings. The summed E-state index contributed by atoms with van der Waals surface area (Å²) in [6.45, 7) is 7.31. The Hall–Kier alpha value is -2.46. The molecule has 0 radical (unpaired) electrons. The molecule has 17 nitrogen and oxygen atoms in total. The second-order valence-electron chi connectivity index (χ2n) is 30.0. The van der Waals surface area contributed by atoms with E-state index in [0.29, 0.717) is 25.7 Å². The normalized spacial score (nSPS) is 14.0. The molecular formula is C84H160O17P2. The van der Waals surface area contributed by atoms with Gasteiger partial charge in [0.1, 0.15) is 19.3 Å². The highest BCUT2D eigenvalue weighted by Gasteiger charge is 2.30. The molecule has 3 N–H and O–H groups in total. The zero-order valence-electron chi connectivity index (χ0n) is 66.9. The Bertz CT molecular complexity index is 2060. The van der Waals surface area contributed by atoms with Crippen molar-refractivity contribution in [3.05, 3.63) is 24.3 Å². The van der Waals surface area contributed by atoms with Gasteiger partial charge in [-0.25, -0.2) is 9.13 Å². The lowest BCUT2D eigenvalue weighted by Gasteiger charge is -2.21. The highest BCUT2D eigenvalue weighted by atomic mass is 31.2. The van der Waals surface area contributed by atoms with Crippen LogP contribution in [0.4, 0.5) is 0 Å². The number of aliphatic hydroxyl groups is 1. The highest BCUT2D eigenvalue weighted by molar-refractivity contribution is 7.47. The molecule has 2 unspecified atom stereocenters. The van der Waals surface area contributed by atoms with Crippen LogP contribution >= 0.6 is 15.6 Å². The first-order chi connectivity index (χ1) is 50.0. The summed E-state index contributed by atoms with van der Waals surface area (Å²) in [7, 11) is -9.94. The van der Waals surface area contributed by atoms with Crippen LogP contribution in [0.2, 0.25) is 0 Å². The number of unbranched alkanes of at least 4 members (excludes halogenated alkanes) is 51. The Balaban J connectivity index is 5.29. The van der Waals surface area contributed by atoms with E-state index in [0.717, 1.165) is 109 Å². The van der Waals surface area contributed by atoms with Gasteiger partial charge in [0.25, 0.3) is 0 Å². The standard InChI is InChI=1S/C84H160O17P2/c1-6-9-12-15-18-21-24-27-29-30-31-35-38-43-48-53-58-63-68-82(87)95-74-80(101-84(89)70-65-60-55-50-45-40-36-32-34-37-41-46-51-56-61-66-77(4)5)76-99-103(92,93)97-72-78(85)71-96-102(90,91)98-75-79(73-94-81(86)67-62-57-52-47-42-26-23-20-17-14-11-8-3)100-83(88)69-64-59-54-49-44-39-33-28-25-22-19-16-13-10-7-2/h22,25,28,33,77-80,85H,6-21,23-24,26-27,29-32,34-76H2,1-5H3,(H,90,91)(H,92,93)/b25-22-,33-28-/t78-,79+,80+/m0/s1. The molecule has 19 heteroatoms. The summed E-state index contributed by atoms with van der Waals surface area (Å²) in [6.07, 6.45) is 71.5. The zero-order chi connectivity index (χ0) is 75.5. The van der Waals surface area contributed by atoms with E-state index in [9.17, 15) is 43.2 Å². The molecule has 0 aromatic rings. The Kier molecular flexibility index (Phi) is 74.5. The summed E-state index contributed by atoms with van der Waals surface area (Å²) in [5, 5.41) is 10.7. The molecule has 0 saturated heterocycles. The number of hydrogen-bond acceptors (Lipinski definition) is 15. The molecule has 103 heavy (non-hydrogen) atoms. The molecule has 5 atom stereocenters. The van der Waals surface area contributed by atoms with Crippen molar-refractivity contribution in [1.82, 2.24) is 0 Å². The number of hydrogen-bond donors (Lipinski definition) is 3. The molecule has 0 spiro atoms. The number of esters is 4. The maximum atomic E-state index is 13.1. The van der Waals surface area contributed by atoms with Gasteiger partial charge >= 0.3 is 39.5 Å². The van der Waals surface area contributed by atoms with Crippen molar-refractivity contribution in [2.45, 2.75) is 445 Å². The molecule has 0 heterocycles. The number of phosphoric ester groups is 2. The maximum Gasteiger partial charge on any atom is 0.472 e. The summed E-state index contributed by atoms with van der Waals surface area (Å²) in [5.74, 6) is -1.33. The Morgan fingerprint density at radius 1 is 0.301 bits per heavy atom. The molecule has 0 aromatic carbocycles. The van der Waals surface area contributed by atoms with E-state index in [-0.39, 0.29) is 25.7 Å². The van der Waals surface area contributed by atoms with Gasteiger partial charge < -0.3 is 33.8 Å². The fourth-order valence-electron chi connectivity index (χ4n) is 12.6. The lowest BCUT2D eigenvalue weighted by Crippen LogP contribution is -2.30. The molecule has 0 aliphatic carbocycles. The van der Waals surface area contributed by atoms with Gasteiger partial charge in [0, 0.05) is 25.7 Å². The first kappa shape index (κ1) is 101. The third kappa shape index (κ3) is 77.5. The second kappa shape index (κ2) is 76.3. The predicted octanol–water partition coefficient (Wildman–Crippen LogP) is 25.1. The van der Waals surface area contributed by atoms with Crippen LogP contribution in [0.1, 0.15) is 426 Å². The minimum absolute atomic E-state index is 0.0858. The van der Waals surface area contributed by atoms with Crippen LogP contribution in [0.3, 0.4) is 0 Å². The number of phosphoric acid groups is 2. The van der Waals surface area contributed by atoms with Crippen LogP contribution in [-0.4, -0.2) is 96.7 Å². The van der Waals surface area contributed by atoms with Crippen LogP contribution in [-0.2, 0) is 65.4 Å². The predicted molar refractivity (Wildman–Crippen MR) is 423 cm³/mol. The Morgan fingerprint density at radius 3 is 0.796 bits per heavy atom. The third-order valence-electron chi connectivity index (χ3n) is 19.2. The number of rotatable bonds is 82. The summed E-state index contributed by atoms with van der Waals surface area (Å²) < 4.78 is 68.8. The van der Waals surface area contributed by atoms with Gasteiger partial charge in [-0.1, -0.05) is 374 Å². The average molecular weight is 1500 g/mol. The van der Waals surface area contributed by atoms with E-state index in [1.807, 2.05) is 0 Å². The fraction of sp³-hybridized carbons (Fsp3) is 0.905. The molecule has 0 rings (SSSR count). The molecule has 0 aliphatic rings. The first-order valence-corrected chi connectivity index (χ1v) is 45.9. The van der Waals surface area contributed by atoms with Gasteiger partial charge in [-0.05, 0) is 57.3 Å². The van der Waals surface area contributed by atoms with Gasteiger partial charge in [0.15, 0.2) is 12.2 Å². The number of aliphatic hydroxyl groups excluding tert-OH is 1. The Morgan fingerprint density at radius 2 is 0.524 bits per heavy atom. The number of carbonyl (C=O) groups excluding carboxylic acids is 4. The van der Waals surface area contributed by atoms with Crippen LogP contribution in [0.25, 0.3) is 0 Å². The van der Waals surface area contributed by atoms with E-state index < -0.39 is 97.5 Å². The largest absolute Gasteiger partial charge is 0.472 e. The monoisotopic (exact) mass is 1500 g/mol. The van der Waals surface area contributed by atoms with E-state index in [1.54, 1.807) is 0 Å². The lowest BCUT2D eigenvalue weighted by molar-refractivity contribution is -0.161. The van der Waals surface area contributed by atoms with E-state index in [2.05, 4.69) is 58.9 Å². The van der Waals surface area contributed by atoms with Crippen molar-refractivity contribution in [2.24, 2.45) is 5.92 Å². The number of carbonyl (C=O) groups is 4. The summed E-state index contributed by atoms with van der Waals surface area (Å²) in [5.41, 5.74) is 0. The van der Waals surface area contributed by atoms with E-state index in [1.165, 1.54) is 238 Å². The van der Waals surface area contributed by atoms with Gasteiger partial charge in [-0.15, -0.1) is 0 Å². The van der Waals surface area contributed by atoms with Crippen molar-refractivity contribution in [3.8, 4) is 0 Å². The molecule has 608 valence electrons. The van der Waals surface area contributed by atoms with Crippen LogP contribution in [0.15, 0.2) is 24.3 Å². The minimum Gasteiger partial charge on any atom is -0.462 e. The third-order valence-corrected chi connectivity index (χ3v) is 21.1. The van der Waals surface area contributed by atoms with Gasteiger partial charge in [-0.2, -0.15) is 0 Å². The molecule has 0 amide bonds. The van der Waals surface area contributed by atoms with Crippen molar-refractivity contribution in [1.29, 1.82) is 0 Å². The summed E-state index contributed by atoms with van der Waals surface area (Å²) >= 11 is 0. The molecule has 0 aromatic heterocycles. The summed E-state index contributed by atoms with van der Waals surface area (Å²) in [4.78, 5) is 73.1. The van der Waals surface area contributed by atoms with Crippen LogP contribution in [0.5, 0.6) is 0 Å². The van der Waals surface area contributed by atoms with Crippen molar-refractivity contribution < 1.29 is 80.2 Å². The topological polar surface area (TPSA) is 237 Å². The van der Waals surface area contributed by atoms with E-state index >= 15 is 0 Å². The zero-order valence-corrected chi connectivity index (χ0v) is 68.7. The number of ether oxygens (including phenoxy) is 4. The molecule has 0 saturated carbocycles. The maximum absolute atomic E-state index is 13.1. The Labute approximate surface area is 631 Å². The smallest absolute Gasteiger partial charge is 0.462 e. The second-order valence-corrected chi connectivity index (χ2v) is 32.9. The first-order valence-electron chi connectivity index (χ1n) is 43.0. The fourth-order valence-corrected chi connectivity index (χ4v) is 14.2. The lowest BCUT2D eigenvalue weighted by atomic mass is 10.0. The van der Waals surface area contributed by atoms with Crippen LogP contribution < -0.4 is 0 Å². The van der Waals surface area contributed by atoms with Gasteiger partial charge in [0.05, 0.1) is 26.4 Å². The van der Waals surface area contributed by atoms with Crippen LogP contribution in [0, 0.1) is 5.92 Å². The van der Waals surface area contributed by atoms with E-state index in [4.69, 9.17) is 37.0 Å². The van der Waals surface area contributed by atoms with Crippen molar-refractivity contribution in [3.63, 3.8) is 0 Å². The van der Waals surface area contributed by atoms with Crippen molar-refractivity contribution in [2.75, 3.05) is 39.6 Å². The van der Waals surface area contributed by atoms with Gasteiger partial charge in [-0.3, -0.25) is 37.3 Å². The summed E-state index contributed by atoms with van der Waals surface area (Å²) in [6, 6.07) is 0. The minimum atomic E-state index is -4.97. The molecule has 0 bridgehead atoms. The quantitative estimate of drug-likeness (QED) is 0.0169. The molecule has 0 aliphatic heterocycles. The van der Waals surface area contributed by atoms with Gasteiger partial charge in [0.2, 0.25) is 0 Å². The average Bonchev–Trinajstić information content (AvgIpc) is 1.00. The number of allylic oxidation sites excluding steroid dienone is 4. The highest BCUT2D eigenvalue weighted by Crippen LogP contribution is 2.45.